The Labute approximate surface area is 92.2 Å². The van der Waals surface area contributed by atoms with Gasteiger partial charge in [-0.3, -0.25) is 4.79 Å². The van der Waals surface area contributed by atoms with E-state index in [1.165, 1.54) is 6.20 Å². The monoisotopic (exact) mass is 217 g/mol. The van der Waals surface area contributed by atoms with Gasteiger partial charge in [0.15, 0.2) is 5.76 Å². The molecular formula is C11H11N3O2. The summed E-state index contributed by atoms with van der Waals surface area (Å²) >= 11 is 0. The first kappa shape index (κ1) is 10.2. The van der Waals surface area contributed by atoms with Crippen molar-refractivity contribution in [3.05, 3.63) is 47.9 Å². The van der Waals surface area contributed by atoms with Crippen molar-refractivity contribution in [3.63, 3.8) is 0 Å². The fraction of sp³-hybridized carbons (Fsp3) is 0.0909. The smallest absolute Gasteiger partial charge is 0.253 e. The van der Waals surface area contributed by atoms with Crippen LogP contribution >= 0.6 is 0 Å². The number of aromatic nitrogens is 1. The zero-order chi connectivity index (χ0) is 11.4. The highest BCUT2D eigenvalue weighted by molar-refractivity contribution is 5.98. The maximum Gasteiger partial charge on any atom is 0.253 e. The van der Waals surface area contributed by atoms with Gasteiger partial charge in [-0.05, 0) is 12.1 Å². The molecule has 0 radical (unpaired) electrons. The molecule has 16 heavy (non-hydrogen) atoms. The highest BCUT2D eigenvalue weighted by Gasteiger charge is 2.08. The number of hydrogen-bond acceptors (Lipinski definition) is 4. The minimum Gasteiger partial charge on any atom is -0.398 e. The van der Waals surface area contributed by atoms with Gasteiger partial charge in [0.2, 0.25) is 0 Å². The number of para-hydroxylation sites is 1. The number of benzene rings is 1. The predicted octanol–water partition coefficient (Wildman–Crippen LogP) is 1.19. The molecule has 82 valence electrons. The van der Waals surface area contributed by atoms with Crippen LogP contribution in [0.1, 0.15) is 16.1 Å². The molecule has 5 heteroatoms. The zero-order valence-electron chi connectivity index (χ0n) is 8.51. The summed E-state index contributed by atoms with van der Waals surface area (Å²) in [6, 6.07) is 8.59. The molecule has 2 rings (SSSR count). The van der Waals surface area contributed by atoms with Crippen LogP contribution in [0, 0.1) is 0 Å². The highest BCUT2D eigenvalue weighted by atomic mass is 16.5. The van der Waals surface area contributed by atoms with Gasteiger partial charge in [-0.15, -0.1) is 0 Å². The van der Waals surface area contributed by atoms with Crippen molar-refractivity contribution in [1.29, 1.82) is 0 Å². The Morgan fingerprint density at radius 1 is 1.38 bits per heavy atom. The number of nitrogens with one attached hydrogen (secondary N) is 1. The fourth-order valence-electron chi connectivity index (χ4n) is 1.30. The maximum atomic E-state index is 11.7. The predicted molar refractivity (Wildman–Crippen MR) is 58.5 cm³/mol. The largest absolute Gasteiger partial charge is 0.398 e. The summed E-state index contributed by atoms with van der Waals surface area (Å²) in [5, 5.41) is 6.23. The highest BCUT2D eigenvalue weighted by Crippen LogP contribution is 2.10. The number of carbonyl (C=O) groups is 1. The van der Waals surface area contributed by atoms with Gasteiger partial charge in [0.1, 0.15) is 0 Å². The van der Waals surface area contributed by atoms with E-state index in [1.807, 2.05) is 0 Å². The quantitative estimate of drug-likeness (QED) is 0.756. The average molecular weight is 217 g/mol. The summed E-state index contributed by atoms with van der Waals surface area (Å²) in [7, 11) is 0. The third-order valence-electron chi connectivity index (χ3n) is 2.12. The van der Waals surface area contributed by atoms with Gasteiger partial charge in [-0.1, -0.05) is 17.3 Å². The van der Waals surface area contributed by atoms with E-state index < -0.39 is 0 Å². The van der Waals surface area contributed by atoms with Crippen molar-refractivity contribution in [2.45, 2.75) is 6.54 Å². The van der Waals surface area contributed by atoms with Crippen molar-refractivity contribution < 1.29 is 9.32 Å². The van der Waals surface area contributed by atoms with E-state index in [2.05, 4.69) is 10.5 Å². The van der Waals surface area contributed by atoms with E-state index in [-0.39, 0.29) is 5.91 Å². The molecule has 1 heterocycles. The molecular weight excluding hydrogens is 206 g/mol. The van der Waals surface area contributed by atoms with E-state index in [0.29, 0.717) is 23.6 Å². The van der Waals surface area contributed by atoms with Crippen LogP contribution in [-0.4, -0.2) is 11.1 Å². The molecule has 0 atom stereocenters. The molecule has 1 aromatic heterocycles. The van der Waals surface area contributed by atoms with Crippen molar-refractivity contribution in [3.8, 4) is 0 Å². The van der Waals surface area contributed by atoms with E-state index >= 15 is 0 Å². The molecule has 0 fully saturated rings. The number of hydrogen-bond donors (Lipinski definition) is 2. The van der Waals surface area contributed by atoms with Crippen LogP contribution in [0.5, 0.6) is 0 Å². The summed E-state index contributed by atoms with van der Waals surface area (Å²) in [6.07, 6.45) is 1.53. The normalized spacial score (nSPS) is 10.0. The van der Waals surface area contributed by atoms with Crippen LogP contribution in [0.3, 0.4) is 0 Å². The average Bonchev–Trinajstić information content (AvgIpc) is 2.79. The van der Waals surface area contributed by atoms with Crippen LogP contribution in [0.2, 0.25) is 0 Å². The van der Waals surface area contributed by atoms with Crippen molar-refractivity contribution in [1.82, 2.24) is 10.5 Å². The summed E-state index contributed by atoms with van der Waals surface area (Å²) in [6.45, 7) is 0.299. The maximum absolute atomic E-state index is 11.7. The van der Waals surface area contributed by atoms with Crippen LogP contribution in [0.15, 0.2) is 41.1 Å². The third kappa shape index (κ3) is 2.20. The third-order valence-corrected chi connectivity index (χ3v) is 2.12. The number of rotatable bonds is 3. The number of amides is 1. The van der Waals surface area contributed by atoms with E-state index in [9.17, 15) is 4.79 Å². The molecule has 1 aromatic carbocycles. The molecule has 0 aliphatic carbocycles. The molecule has 3 N–H and O–H groups in total. The van der Waals surface area contributed by atoms with E-state index in [4.69, 9.17) is 10.3 Å². The number of anilines is 1. The van der Waals surface area contributed by atoms with Crippen molar-refractivity contribution in [2.24, 2.45) is 0 Å². The minimum absolute atomic E-state index is 0.227. The summed E-state index contributed by atoms with van der Waals surface area (Å²) in [4.78, 5) is 11.7. The Morgan fingerprint density at radius 2 is 2.19 bits per heavy atom. The van der Waals surface area contributed by atoms with E-state index in [1.54, 1.807) is 30.3 Å². The molecule has 2 aromatic rings. The second-order valence-electron chi connectivity index (χ2n) is 3.25. The Bertz CT molecular complexity index is 480. The van der Waals surface area contributed by atoms with Gasteiger partial charge in [0.25, 0.3) is 5.91 Å². The summed E-state index contributed by atoms with van der Waals surface area (Å²) < 4.78 is 4.85. The first-order chi connectivity index (χ1) is 7.77. The lowest BCUT2D eigenvalue weighted by atomic mass is 10.1. The van der Waals surface area contributed by atoms with E-state index in [0.717, 1.165) is 0 Å². The van der Waals surface area contributed by atoms with Gasteiger partial charge in [-0.25, -0.2) is 0 Å². The summed E-state index contributed by atoms with van der Waals surface area (Å²) in [5.41, 5.74) is 6.59. The Kier molecular flexibility index (Phi) is 2.86. The molecule has 0 unspecified atom stereocenters. The molecule has 5 nitrogen and oxygen atoms in total. The standard InChI is InChI=1S/C11H11N3O2/c12-10-4-2-1-3-9(10)11(15)13-7-8-5-6-14-16-8/h1-6H,7,12H2,(H,13,15). The van der Waals surface area contributed by atoms with Crippen LogP contribution < -0.4 is 11.1 Å². The second kappa shape index (κ2) is 4.48. The zero-order valence-corrected chi connectivity index (χ0v) is 8.51. The minimum atomic E-state index is -0.227. The van der Waals surface area contributed by atoms with Gasteiger partial charge < -0.3 is 15.6 Å². The van der Waals surface area contributed by atoms with Gasteiger partial charge in [0, 0.05) is 11.8 Å². The topological polar surface area (TPSA) is 81.2 Å². The number of nitrogen functional groups attached to an aromatic ring is 1. The first-order valence-corrected chi connectivity index (χ1v) is 4.79. The van der Waals surface area contributed by atoms with Crippen LogP contribution in [0.4, 0.5) is 5.69 Å². The Balaban J connectivity index is 2.01. The molecule has 0 bridgehead atoms. The Morgan fingerprint density at radius 3 is 2.88 bits per heavy atom. The SMILES string of the molecule is Nc1ccccc1C(=O)NCc1ccno1. The van der Waals surface area contributed by atoms with Crippen molar-refractivity contribution >= 4 is 11.6 Å². The molecule has 0 saturated carbocycles. The lowest BCUT2D eigenvalue weighted by Crippen LogP contribution is -2.23. The Hall–Kier alpha value is -2.30. The van der Waals surface area contributed by atoms with Gasteiger partial charge in [-0.2, -0.15) is 0 Å². The molecule has 1 amide bonds. The lowest BCUT2D eigenvalue weighted by molar-refractivity contribution is 0.0948. The summed E-state index contributed by atoms with van der Waals surface area (Å²) in [5.74, 6) is 0.373. The second-order valence-corrected chi connectivity index (χ2v) is 3.25. The molecule has 0 aliphatic rings. The van der Waals surface area contributed by atoms with Crippen LogP contribution in [0.25, 0.3) is 0 Å². The molecule has 0 aliphatic heterocycles. The number of nitrogens with two attached hydrogens (primary N) is 1. The van der Waals surface area contributed by atoms with Gasteiger partial charge >= 0.3 is 0 Å². The molecule has 0 spiro atoms. The fourth-order valence-corrected chi connectivity index (χ4v) is 1.30. The van der Waals surface area contributed by atoms with Crippen molar-refractivity contribution in [2.75, 3.05) is 5.73 Å². The number of nitrogens with zero attached hydrogens (tertiary/aromatic N) is 1. The first-order valence-electron chi connectivity index (χ1n) is 4.79. The number of carbonyl (C=O) groups excluding carboxylic acids is 1. The molecule has 0 saturated heterocycles. The lowest BCUT2D eigenvalue weighted by Gasteiger charge is -2.05. The van der Waals surface area contributed by atoms with Gasteiger partial charge in [0.05, 0.1) is 18.3 Å². The van der Waals surface area contributed by atoms with Crippen LogP contribution in [-0.2, 0) is 6.54 Å².